The molecule has 0 bridgehead atoms. The van der Waals surface area contributed by atoms with Gasteiger partial charge in [0.1, 0.15) is 35.9 Å². The normalized spacial score (nSPS) is 25.9. The summed E-state index contributed by atoms with van der Waals surface area (Å²) < 4.78 is 65.6. The molecule has 1 aliphatic heterocycles. The molecule has 5 atom stereocenters. The fourth-order valence-corrected chi connectivity index (χ4v) is 3.48. The van der Waals surface area contributed by atoms with Crippen molar-refractivity contribution >= 4 is 5.91 Å². The summed E-state index contributed by atoms with van der Waals surface area (Å²) in [6.07, 6.45) is -10.9. The number of amides is 1. The molecule has 32 heavy (non-hydrogen) atoms. The SMILES string of the molecule is CC(=O)N[C@H]1[C@H](Oc2cccc(C(F)(F)F)c2-c2ccc(F)cc2)O[C@H](CO)[C@H](O)[C@@H]1O. The number of aliphatic hydroxyl groups is 3. The third-order valence-electron chi connectivity index (χ3n) is 4.96. The summed E-state index contributed by atoms with van der Waals surface area (Å²) in [6.45, 7) is 0.404. The molecule has 0 spiro atoms. The van der Waals surface area contributed by atoms with Crippen molar-refractivity contribution in [2.45, 2.75) is 43.7 Å². The van der Waals surface area contributed by atoms with Gasteiger partial charge < -0.3 is 30.1 Å². The number of aliphatic hydroxyl groups excluding tert-OH is 3. The first kappa shape index (κ1) is 23.9. The molecule has 1 fully saturated rings. The van der Waals surface area contributed by atoms with Crippen LogP contribution < -0.4 is 10.1 Å². The molecule has 1 heterocycles. The Morgan fingerprint density at radius 2 is 1.78 bits per heavy atom. The first-order valence-corrected chi connectivity index (χ1v) is 9.55. The Balaban J connectivity index is 2.08. The summed E-state index contributed by atoms with van der Waals surface area (Å²) in [4.78, 5) is 11.6. The minimum absolute atomic E-state index is 0.000466. The van der Waals surface area contributed by atoms with Crippen LogP contribution in [-0.2, 0) is 15.7 Å². The van der Waals surface area contributed by atoms with Gasteiger partial charge in [0.2, 0.25) is 12.2 Å². The topological polar surface area (TPSA) is 108 Å². The summed E-state index contributed by atoms with van der Waals surface area (Å²) in [5.41, 5.74) is -1.47. The summed E-state index contributed by atoms with van der Waals surface area (Å²) >= 11 is 0. The third-order valence-corrected chi connectivity index (χ3v) is 4.96. The van der Waals surface area contributed by atoms with Gasteiger partial charge in [-0.05, 0) is 29.8 Å². The summed E-state index contributed by atoms with van der Waals surface area (Å²) in [7, 11) is 0. The van der Waals surface area contributed by atoms with E-state index < -0.39 is 66.3 Å². The van der Waals surface area contributed by atoms with Gasteiger partial charge >= 0.3 is 6.18 Å². The van der Waals surface area contributed by atoms with Crippen LogP contribution in [0.15, 0.2) is 42.5 Å². The van der Waals surface area contributed by atoms with Crippen molar-refractivity contribution in [1.82, 2.24) is 5.32 Å². The molecule has 1 saturated heterocycles. The van der Waals surface area contributed by atoms with E-state index in [9.17, 15) is 37.7 Å². The quantitative estimate of drug-likeness (QED) is 0.509. The maximum absolute atomic E-state index is 13.7. The molecule has 0 saturated carbocycles. The monoisotopic (exact) mass is 459 g/mol. The largest absolute Gasteiger partial charge is 0.462 e. The molecule has 1 amide bonds. The minimum Gasteiger partial charge on any atom is -0.462 e. The van der Waals surface area contributed by atoms with Crippen molar-refractivity contribution in [2.24, 2.45) is 0 Å². The van der Waals surface area contributed by atoms with Gasteiger partial charge in [-0.3, -0.25) is 4.79 Å². The number of hydrogen-bond donors (Lipinski definition) is 4. The highest BCUT2D eigenvalue weighted by Gasteiger charge is 2.46. The lowest BCUT2D eigenvalue weighted by Crippen LogP contribution is -2.65. The average Bonchev–Trinajstić information content (AvgIpc) is 2.73. The summed E-state index contributed by atoms with van der Waals surface area (Å²) in [5.74, 6) is -1.60. The first-order valence-electron chi connectivity index (χ1n) is 9.55. The number of alkyl halides is 3. The van der Waals surface area contributed by atoms with Gasteiger partial charge in [-0.25, -0.2) is 4.39 Å². The molecule has 1 aliphatic rings. The van der Waals surface area contributed by atoms with Crippen molar-refractivity contribution in [3.63, 3.8) is 0 Å². The van der Waals surface area contributed by atoms with Gasteiger partial charge in [0, 0.05) is 12.5 Å². The van der Waals surface area contributed by atoms with E-state index in [4.69, 9.17) is 9.47 Å². The van der Waals surface area contributed by atoms with Gasteiger partial charge in [-0.1, -0.05) is 18.2 Å². The van der Waals surface area contributed by atoms with Crippen LogP contribution in [0.1, 0.15) is 12.5 Å². The zero-order chi connectivity index (χ0) is 23.6. The molecule has 174 valence electrons. The predicted molar refractivity (Wildman–Crippen MR) is 103 cm³/mol. The lowest BCUT2D eigenvalue weighted by Gasteiger charge is -2.42. The van der Waals surface area contributed by atoms with E-state index in [0.717, 1.165) is 43.3 Å². The van der Waals surface area contributed by atoms with E-state index >= 15 is 0 Å². The average molecular weight is 459 g/mol. The fraction of sp³-hybridized carbons (Fsp3) is 0.381. The van der Waals surface area contributed by atoms with Crippen LogP contribution >= 0.6 is 0 Å². The number of rotatable bonds is 5. The molecule has 0 radical (unpaired) electrons. The Kier molecular flexibility index (Phi) is 7.03. The number of hydrogen-bond acceptors (Lipinski definition) is 6. The molecule has 4 N–H and O–H groups in total. The maximum atomic E-state index is 13.7. The molecular weight excluding hydrogens is 438 g/mol. The molecule has 7 nitrogen and oxygen atoms in total. The van der Waals surface area contributed by atoms with E-state index in [1.165, 1.54) is 6.07 Å². The number of halogens is 4. The fourth-order valence-electron chi connectivity index (χ4n) is 3.48. The Labute approximate surface area is 180 Å². The number of carbonyl (C=O) groups is 1. The van der Waals surface area contributed by atoms with Crippen LogP contribution in [-0.4, -0.2) is 58.5 Å². The Hall–Kier alpha value is -2.73. The van der Waals surface area contributed by atoms with Crippen LogP contribution in [0.25, 0.3) is 11.1 Å². The Morgan fingerprint density at radius 1 is 1.12 bits per heavy atom. The number of carbonyl (C=O) groups excluding carboxylic acids is 1. The Bertz CT molecular complexity index is 952. The van der Waals surface area contributed by atoms with Crippen molar-refractivity contribution in [1.29, 1.82) is 0 Å². The van der Waals surface area contributed by atoms with E-state index in [2.05, 4.69) is 5.32 Å². The van der Waals surface area contributed by atoms with Crippen molar-refractivity contribution < 1.29 is 47.1 Å². The van der Waals surface area contributed by atoms with Crippen LogP contribution in [0.2, 0.25) is 0 Å². The number of nitrogens with one attached hydrogen (secondary N) is 1. The van der Waals surface area contributed by atoms with Crippen molar-refractivity contribution in [2.75, 3.05) is 6.61 Å². The van der Waals surface area contributed by atoms with Crippen LogP contribution in [0.4, 0.5) is 17.6 Å². The molecule has 2 aromatic rings. The second-order valence-corrected chi connectivity index (χ2v) is 7.23. The van der Waals surface area contributed by atoms with E-state index in [1.54, 1.807) is 0 Å². The standard InChI is InChI=1S/C21H21F4NO6/c1-10(28)26-17-19(30)18(29)15(9-27)32-20(17)31-14-4-2-3-13(21(23,24)25)16(14)11-5-7-12(22)8-6-11/h2-8,15,17-20,27,29-30H,9H2,1H3,(H,26,28)/t15-,17-,18+,19-,20-/m1/s1. The minimum atomic E-state index is -4.78. The van der Waals surface area contributed by atoms with Gasteiger partial charge in [0.15, 0.2) is 0 Å². The van der Waals surface area contributed by atoms with Crippen LogP contribution in [0.3, 0.4) is 0 Å². The molecule has 0 aromatic heterocycles. The van der Waals surface area contributed by atoms with Gasteiger partial charge in [0.25, 0.3) is 0 Å². The smallest absolute Gasteiger partial charge is 0.417 e. The van der Waals surface area contributed by atoms with E-state index in [0.29, 0.717) is 0 Å². The molecule has 0 aliphatic carbocycles. The van der Waals surface area contributed by atoms with Gasteiger partial charge in [-0.2, -0.15) is 13.2 Å². The second kappa shape index (κ2) is 9.41. The van der Waals surface area contributed by atoms with E-state index in [1.807, 2.05) is 0 Å². The highest BCUT2D eigenvalue weighted by Crippen LogP contribution is 2.43. The molecular formula is C21H21F4NO6. The summed E-state index contributed by atoms with van der Waals surface area (Å²) in [6, 6.07) is 6.05. The van der Waals surface area contributed by atoms with Crippen LogP contribution in [0, 0.1) is 5.82 Å². The summed E-state index contributed by atoms with van der Waals surface area (Å²) in [5, 5.41) is 32.2. The maximum Gasteiger partial charge on any atom is 0.417 e. The predicted octanol–water partition coefficient (Wildman–Crippen LogP) is 1.83. The number of benzene rings is 2. The van der Waals surface area contributed by atoms with Crippen molar-refractivity contribution in [3.8, 4) is 16.9 Å². The molecule has 0 unspecified atom stereocenters. The zero-order valence-electron chi connectivity index (χ0n) is 16.7. The zero-order valence-corrected chi connectivity index (χ0v) is 16.7. The van der Waals surface area contributed by atoms with Gasteiger partial charge in [0.05, 0.1) is 12.2 Å². The number of ether oxygens (including phenoxy) is 2. The lowest BCUT2D eigenvalue weighted by molar-refractivity contribution is -0.244. The second-order valence-electron chi connectivity index (χ2n) is 7.23. The van der Waals surface area contributed by atoms with Crippen LogP contribution in [0.5, 0.6) is 5.75 Å². The molecule has 2 aromatic carbocycles. The first-order chi connectivity index (χ1) is 15.0. The molecule has 3 rings (SSSR count). The molecule has 11 heteroatoms. The highest BCUT2D eigenvalue weighted by molar-refractivity contribution is 5.75. The van der Waals surface area contributed by atoms with Crippen molar-refractivity contribution in [3.05, 3.63) is 53.8 Å². The Morgan fingerprint density at radius 3 is 2.34 bits per heavy atom. The van der Waals surface area contributed by atoms with Gasteiger partial charge in [-0.15, -0.1) is 0 Å². The highest BCUT2D eigenvalue weighted by atomic mass is 19.4. The third kappa shape index (κ3) is 5.01. The van der Waals surface area contributed by atoms with E-state index in [-0.39, 0.29) is 11.3 Å². The lowest BCUT2D eigenvalue weighted by atomic mass is 9.96.